The van der Waals surface area contributed by atoms with E-state index in [0.717, 1.165) is 45.1 Å². The molecule has 0 heterocycles. The van der Waals surface area contributed by atoms with Gasteiger partial charge in [-0.2, -0.15) is 0 Å². The quantitative estimate of drug-likeness (QED) is 0.304. The van der Waals surface area contributed by atoms with Gasteiger partial charge in [-0.3, -0.25) is 4.99 Å². The molecule has 0 radical (unpaired) electrons. The number of ether oxygens (including phenoxy) is 1. The predicted octanol–water partition coefficient (Wildman–Crippen LogP) is 3.30. The molecular formula is C17H30IN3O. The van der Waals surface area contributed by atoms with Gasteiger partial charge in [0, 0.05) is 40.4 Å². The van der Waals surface area contributed by atoms with E-state index in [2.05, 4.69) is 53.4 Å². The monoisotopic (exact) mass is 419 g/mol. The lowest BCUT2D eigenvalue weighted by atomic mass is 10.1. The first-order valence-corrected chi connectivity index (χ1v) is 7.78. The molecule has 0 bridgehead atoms. The Morgan fingerprint density at radius 3 is 2.36 bits per heavy atom. The maximum Gasteiger partial charge on any atom is 0.193 e. The van der Waals surface area contributed by atoms with Crippen molar-refractivity contribution in [2.24, 2.45) is 4.99 Å². The Bertz CT molecular complexity index is 420. The van der Waals surface area contributed by atoms with Crippen LogP contribution < -0.4 is 5.32 Å². The summed E-state index contributed by atoms with van der Waals surface area (Å²) in [7, 11) is 3.88. The average Bonchev–Trinajstić information content (AvgIpc) is 2.51. The summed E-state index contributed by atoms with van der Waals surface area (Å²) in [5, 5.41) is 3.37. The molecule has 0 atom stereocenters. The zero-order valence-electron chi connectivity index (χ0n) is 14.3. The highest BCUT2D eigenvalue weighted by Crippen LogP contribution is 2.07. The second kappa shape index (κ2) is 12.7. The largest absolute Gasteiger partial charge is 0.382 e. The molecule has 5 heteroatoms. The first kappa shape index (κ1) is 21.2. The number of benzene rings is 1. The van der Waals surface area contributed by atoms with Crippen LogP contribution in [-0.2, 0) is 17.7 Å². The third-order valence-electron chi connectivity index (χ3n) is 3.38. The molecule has 0 unspecified atom stereocenters. The smallest absolute Gasteiger partial charge is 0.193 e. The van der Waals surface area contributed by atoms with Crippen molar-refractivity contribution in [2.75, 3.05) is 33.9 Å². The minimum atomic E-state index is 0. The molecule has 0 fully saturated rings. The van der Waals surface area contributed by atoms with Crippen molar-refractivity contribution in [3.8, 4) is 0 Å². The van der Waals surface area contributed by atoms with E-state index in [1.165, 1.54) is 11.1 Å². The summed E-state index contributed by atoms with van der Waals surface area (Å²) in [4.78, 5) is 6.47. The van der Waals surface area contributed by atoms with Crippen molar-refractivity contribution in [3.63, 3.8) is 0 Å². The van der Waals surface area contributed by atoms with E-state index in [1.807, 2.05) is 14.0 Å². The Kier molecular flexibility index (Phi) is 12.2. The van der Waals surface area contributed by atoms with E-state index in [4.69, 9.17) is 4.74 Å². The van der Waals surface area contributed by atoms with Crippen molar-refractivity contribution < 1.29 is 4.74 Å². The van der Waals surface area contributed by atoms with Gasteiger partial charge in [0.2, 0.25) is 0 Å². The van der Waals surface area contributed by atoms with Crippen LogP contribution in [0, 0.1) is 0 Å². The maximum atomic E-state index is 5.33. The molecule has 0 amide bonds. The molecule has 1 N–H and O–H groups in total. The lowest BCUT2D eigenvalue weighted by Crippen LogP contribution is -2.39. The first-order chi connectivity index (χ1) is 10.2. The second-order valence-corrected chi connectivity index (χ2v) is 5.05. The van der Waals surface area contributed by atoms with E-state index < -0.39 is 0 Å². The molecule has 1 rings (SSSR count). The molecular weight excluding hydrogens is 389 g/mol. The van der Waals surface area contributed by atoms with Gasteiger partial charge in [-0.05, 0) is 30.9 Å². The highest BCUT2D eigenvalue weighted by atomic mass is 127. The average molecular weight is 419 g/mol. The minimum Gasteiger partial charge on any atom is -0.382 e. The molecule has 22 heavy (non-hydrogen) atoms. The molecule has 0 saturated carbocycles. The van der Waals surface area contributed by atoms with Gasteiger partial charge >= 0.3 is 0 Å². The highest BCUT2D eigenvalue weighted by Gasteiger charge is 2.06. The molecule has 126 valence electrons. The second-order valence-electron chi connectivity index (χ2n) is 5.05. The van der Waals surface area contributed by atoms with Gasteiger partial charge in [-0.1, -0.05) is 31.2 Å². The van der Waals surface area contributed by atoms with Crippen LogP contribution in [0.4, 0.5) is 0 Å². The van der Waals surface area contributed by atoms with Crippen molar-refractivity contribution in [3.05, 3.63) is 35.4 Å². The number of nitrogens with zero attached hydrogens (tertiary/aromatic N) is 2. The van der Waals surface area contributed by atoms with Gasteiger partial charge in [0.15, 0.2) is 5.96 Å². The summed E-state index contributed by atoms with van der Waals surface area (Å²) in [6.45, 7) is 7.51. The fourth-order valence-corrected chi connectivity index (χ4v) is 2.13. The number of hydrogen-bond acceptors (Lipinski definition) is 2. The van der Waals surface area contributed by atoms with Crippen molar-refractivity contribution in [2.45, 2.75) is 33.2 Å². The van der Waals surface area contributed by atoms with E-state index in [-0.39, 0.29) is 24.0 Å². The summed E-state index contributed by atoms with van der Waals surface area (Å²) >= 11 is 0. The van der Waals surface area contributed by atoms with Crippen LogP contribution in [0.1, 0.15) is 31.4 Å². The van der Waals surface area contributed by atoms with Crippen LogP contribution in [0.5, 0.6) is 0 Å². The van der Waals surface area contributed by atoms with Gasteiger partial charge < -0.3 is 15.0 Å². The Balaban J connectivity index is 0.00000441. The number of halogens is 1. The lowest BCUT2D eigenvalue weighted by Gasteiger charge is -2.22. The molecule has 0 aromatic heterocycles. The molecule has 1 aromatic carbocycles. The van der Waals surface area contributed by atoms with Gasteiger partial charge in [0.1, 0.15) is 0 Å². The summed E-state index contributed by atoms with van der Waals surface area (Å²) in [6, 6.07) is 8.78. The standard InChI is InChI=1S/C17H29N3O.HI/c1-5-15-8-10-16(11-9-15)14-20(4)17(18-3)19-12-7-13-21-6-2;/h8-11H,5-7,12-14H2,1-4H3,(H,18,19);1H. The Morgan fingerprint density at radius 2 is 1.82 bits per heavy atom. The molecule has 0 aliphatic carbocycles. The Labute approximate surface area is 152 Å². The molecule has 0 aliphatic heterocycles. The predicted molar refractivity (Wildman–Crippen MR) is 105 cm³/mol. The molecule has 1 aromatic rings. The van der Waals surface area contributed by atoms with Crippen LogP contribution in [0.3, 0.4) is 0 Å². The number of guanidine groups is 1. The number of aryl methyl sites for hydroxylation is 1. The van der Waals surface area contributed by atoms with E-state index in [9.17, 15) is 0 Å². The third kappa shape index (κ3) is 7.98. The van der Waals surface area contributed by atoms with Gasteiger partial charge in [0.25, 0.3) is 0 Å². The summed E-state index contributed by atoms with van der Waals surface area (Å²) in [5.74, 6) is 0.922. The van der Waals surface area contributed by atoms with Gasteiger partial charge in [-0.25, -0.2) is 0 Å². The van der Waals surface area contributed by atoms with Crippen LogP contribution >= 0.6 is 24.0 Å². The fourth-order valence-electron chi connectivity index (χ4n) is 2.13. The molecule has 0 spiro atoms. The third-order valence-corrected chi connectivity index (χ3v) is 3.38. The summed E-state index contributed by atoms with van der Waals surface area (Å²) < 4.78 is 5.33. The number of hydrogen-bond donors (Lipinski definition) is 1. The summed E-state index contributed by atoms with van der Waals surface area (Å²) in [5.41, 5.74) is 2.67. The first-order valence-electron chi connectivity index (χ1n) is 7.78. The van der Waals surface area contributed by atoms with Crippen LogP contribution in [0.25, 0.3) is 0 Å². The van der Waals surface area contributed by atoms with Crippen molar-refractivity contribution in [1.29, 1.82) is 0 Å². The van der Waals surface area contributed by atoms with Crippen LogP contribution in [0.2, 0.25) is 0 Å². The molecule has 4 nitrogen and oxygen atoms in total. The number of nitrogens with one attached hydrogen (secondary N) is 1. The zero-order chi connectivity index (χ0) is 15.5. The van der Waals surface area contributed by atoms with Crippen molar-refractivity contribution >= 4 is 29.9 Å². The van der Waals surface area contributed by atoms with Crippen molar-refractivity contribution in [1.82, 2.24) is 10.2 Å². The van der Waals surface area contributed by atoms with E-state index >= 15 is 0 Å². The SMILES string of the molecule is CCOCCCNC(=NC)N(C)Cc1ccc(CC)cc1.I. The zero-order valence-corrected chi connectivity index (χ0v) is 16.6. The lowest BCUT2D eigenvalue weighted by molar-refractivity contribution is 0.145. The van der Waals surface area contributed by atoms with E-state index in [0.29, 0.717) is 0 Å². The Hall–Kier alpha value is -0.820. The topological polar surface area (TPSA) is 36.9 Å². The van der Waals surface area contributed by atoms with E-state index in [1.54, 1.807) is 0 Å². The normalized spacial score (nSPS) is 11.0. The van der Waals surface area contributed by atoms with Gasteiger partial charge in [0.05, 0.1) is 0 Å². The summed E-state index contributed by atoms with van der Waals surface area (Å²) in [6.07, 6.45) is 2.07. The minimum absolute atomic E-state index is 0. The molecule has 0 saturated heterocycles. The number of rotatable bonds is 8. The van der Waals surface area contributed by atoms with Crippen LogP contribution in [0.15, 0.2) is 29.3 Å². The van der Waals surface area contributed by atoms with Crippen LogP contribution in [-0.4, -0.2) is 44.7 Å². The maximum absolute atomic E-state index is 5.33. The highest BCUT2D eigenvalue weighted by molar-refractivity contribution is 14.0. The molecule has 0 aliphatic rings. The Morgan fingerprint density at radius 1 is 1.18 bits per heavy atom. The fraction of sp³-hybridized carbons (Fsp3) is 0.588. The van der Waals surface area contributed by atoms with Gasteiger partial charge in [-0.15, -0.1) is 24.0 Å². The number of aliphatic imine (C=N–C) groups is 1.